The zero-order valence-corrected chi connectivity index (χ0v) is 11.0. The number of ketones is 1. The molecule has 0 aromatic heterocycles. The number of carboxylic acid groups (broad SMARTS) is 1. The summed E-state index contributed by atoms with van der Waals surface area (Å²) in [4.78, 5) is 23.6. The fraction of sp³-hybridized carbons (Fsp3) is 0.429. The molecule has 1 aliphatic rings. The average molecular weight is 264 g/mol. The Labute approximate surface area is 111 Å². The van der Waals surface area contributed by atoms with Crippen LogP contribution in [-0.4, -0.2) is 22.6 Å². The first-order valence-electron chi connectivity index (χ1n) is 6.17. The van der Waals surface area contributed by atoms with Gasteiger partial charge in [-0.05, 0) is 42.7 Å². The van der Waals surface area contributed by atoms with E-state index in [4.69, 9.17) is 5.11 Å². The van der Waals surface area contributed by atoms with Crippen LogP contribution in [0.1, 0.15) is 41.6 Å². The maximum atomic E-state index is 11.9. The Balaban J connectivity index is 2.00. The average Bonchev–Trinajstić information content (AvgIpc) is 2.37. The van der Waals surface area contributed by atoms with Crippen molar-refractivity contribution in [3.05, 3.63) is 29.3 Å². The fourth-order valence-corrected chi connectivity index (χ4v) is 3.10. The van der Waals surface area contributed by atoms with E-state index in [2.05, 4.69) is 0 Å². The number of benzene rings is 1. The van der Waals surface area contributed by atoms with E-state index >= 15 is 0 Å². The first-order valence-corrected chi connectivity index (χ1v) is 7.16. The molecule has 1 heterocycles. The number of Topliss-reactive ketones (excluding diaryl/α,β-unsaturated/α-hetero) is 1. The monoisotopic (exact) mass is 264 g/mol. The minimum atomic E-state index is -0.843. The van der Waals surface area contributed by atoms with Gasteiger partial charge >= 0.3 is 5.97 Å². The van der Waals surface area contributed by atoms with E-state index in [9.17, 15) is 9.59 Å². The number of fused-ring (bicyclic) bond motifs is 1. The van der Waals surface area contributed by atoms with E-state index in [0.717, 1.165) is 24.2 Å². The molecule has 0 spiro atoms. The molecule has 0 saturated carbocycles. The third-order valence-corrected chi connectivity index (χ3v) is 4.23. The molecule has 3 nitrogen and oxygen atoms in total. The van der Waals surface area contributed by atoms with Crippen LogP contribution in [0.15, 0.2) is 23.1 Å². The van der Waals surface area contributed by atoms with Gasteiger partial charge in [0.25, 0.3) is 0 Å². The highest BCUT2D eigenvalue weighted by Gasteiger charge is 2.13. The van der Waals surface area contributed by atoms with Crippen LogP contribution in [-0.2, 0) is 11.2 Å². The van der Waals surface area contributed by atoms with Gasteiger partial charge in [0.05, 0.1) is 0 Å². The lowest BCUT2D eigenvalue weighted by Gasteiger charge is -2.15. The van der Waals surface area contributed by atoms with Gasteiger partial charge in [-0.15, -0.1) is 11.8 Å². The highest BCUT2D eigenvalue weighted by Crippen LogP contribution is 2.30. The number of thioether (sulfide) groups is 1. The van der Waals surface area contributed by atoms with E-state index in [0.29, 0.717) is 12.8 Å². The maximum absolute atomic E-state index is 11.9. The molecule has 0 saturated heterocycles. The van der Waals surface area contributed by atoms with Gasteiger partial charge in [0.2, 0.25) is 0 Å². The number of aryl methyl sites for hydroxylation is 1. The van der Waals surface area contributed by atoms with Crippen LogP contribution >= 0.6 is 11.8 Å². The molecule has 0 amide bonds. The molecule has 1 aromatic carbocycles. The van der Waals surface area contributed by atoms with Crippen LogP contribution in [0.3, 0.4) is 0 Å². The summed E-state index contributed by atoms with van der Waals surface area (Å²) in [7, 11) is 0. The lowest BCUT2D eigenvalue weighted by molar-refractivity contribution is -0.137. The lowest BCUT2D eigenvalue weighted by atomic mass is 10.0. The van der Waals surface area contributed by atoms with Crippen LogP contribution in [0.5, 0.6) is 0 Å². The summed E-state index contributed by atoms with van der Waals surface area (Å²) < 4.78 is 0. The summed E-state index contributed by atoms with van der Waals surface area (Å²) in [6.07, 6.45) is 3.00. The Morgan fingerprint density at radius 1 is 1.28 bits per heavy atom. The van der Waals surface area contributed by atoms with E-state index < -0.39 is 5.97 Å². The fourth-order valence-electron chi connectivity index (χ4n) is 2.08. The second-order valence-corrected chi connectivity index (χ2v) is 5.58. The zero-order valence-electron chi connectivity index (χ0n) is 10.1. The van der Waals surface area contributed by atoms with Gasteiger partial charge in [0.1, 0.15) is 0 Å². The number of carbonyl (C=O) groups excluding carboxylic acids is 1. The van der Waals surface area contributed by atoms with Crippen molar-refractivity contribution >= 4 is 23.5 Å². The minimum absolute atomic E-state index is 0.0506. The molecule has 1 aliphatic heterocycles. The third-order valence-electron chi connectivity index (χ3n) is 3.02. The minimum Gasteiger partial charge on any atom is -0.481 e. The van der Waals surface area contributed by atoms with Crippen molar-refractivity contribution in [2.75, 3.05) is 5.75 Å². The van der Waals surface area contributed by atoms with Crippen molar-refractivity contribution in [3.8, 4) is 0 Å². The Hall–Kier alpha value is -1.29. The Bertz CT molecular complexity index is 468. The molecule has 0 bridgehead atoms. The summed E-state index contributed by atoms with van der Waals surface area (Å²) in [6.45, 7) is 0. The molecule has 0 fully saturated rings. The van der Waals surface area contributed by atoms with E-state index in [1.807, 2.05) is 30.0 Å². The summed E-state index contributed by atoms with van der Waals surface area (Å²) in [5.74, 6) is 0.359. The number of rotatable bonds is 5. The number of carbonyl (C=O) groups is 2. The quantitative estimate of drug-likeness (QED) is 0.830. The molecule has 4 heteroatoms. The van der Waals surface area contributed by atoms with Crippen LogP contribution < -0.4 is 0 Å². The second-order valence-electron chi connectivity index (χ2n) is 4.44. The molecule has 0 atom stereocenters. The van der Waals surface area contributed by atoms with Crippen molar-refractivity contribution in [2.45, 2.75) is 37.0 Å². The van der Waals surface area contributed by atoms with Crippen molar-refractivity contribution in [3.63, 3.8) is 0 Å². The highest BCUT2D eigenvalue weighted by molar-refractivity contribution is 7.99. The number of aliphatic carboxylic acids is 1. The van der Waals surface area contributed by atoms with E-state index in [-0.39, 0.29) is 12.2 Å². The number of hydrogen-bond acceptors (Lipinski definition) is 3. The van der Waals surface area contributed by atoms with Gasteiger partial charge in [0.15, 0.2) is 5.78 Å². The number of hydrogen-bond donors (Lipinski definition) is 1. The summed E-state index contributed by atoms with van der Waals surface area (Å²) >= 11 is 1.84. The molecule has 0 unspecified atom stereocenters. The molecule has 2 rings (SSSR count). The van der Waals surface area contributed by atoms with Gasteiger partial charge < -0.3 is 5.11 Å². The first kappa shape index (κ1) is 13.1. The van der Waals surface area contributed by atoms with E-state index in [1.54, 1.807) is 0 Å². The van der Waals surface area contributed by atoms with Crippen molar-refractivity contribution in [1.82, 2.24) is 0 Å². The van der Waals surface area contributed by atoms with Crippen LogP contribution in [0, 0.1) is 0 Å². The third kappa shape index (κ3) is 3.35. The Morgan fingerprint density at radius 3 is 2.89 bits per heavy atom. The van der Waals surface area contributed by atoms with Gasteiger partial charge in [-0.25, -0.2) is 0 Å². The largest absolute Gasteiger partial charge is 0.481 e. The first-order chi connectivity index (χ1) is 8.66. The van der Waals surface area contributed by atoms with Gasteiger partial charge in [-0.2, -0.15) is 0 Å². The summed E-state index contributed by atoms with van der Waals surface area (Å²) in [5.41, 5.74) is 1.98. The molecule has 96 valence electrons. The Kier molecular flexibility index (Phi) is 4.42. The smallest absolute Gasteiger partial charge is 0.303 e. The topological polar surface area (TPSA) is 54.4 Å². The Morgan fingerprint density at radius 2 is 2.11 bits per heavy atom. The molecule has 18 heavy (non-hydrogen) atoms. The SMILES string of the molecule is O=C(O)CCCC(=O)c1ccc2c(c1)CCCS2. The normalized spacial score (nSPS) is 14.0. The van der Waals surface area contributed by atoms with Gasteiger partial charge in [-0.1, -0.05) is 6.07 Å². The maximum Gasteiger partial charge on any atom is 0.303 e. The summed E-state index contributed by atoms with van der Waals surface area (Å²) in [5, 5.41) is 8.54. The van der Waals surface area contributed by atoms with E-state index in [1.165, 1.54) is 10.5 Å². The molecular formula is C14H16O3S. The number of carboxylic acids is 1. The molecule has 1 aromatic rings. The van der Waals surface area contributed by atoms with Crippen LogP contribution in [0.2, 0.25) is 0 Å². The summed E-state index contributed by atoms with van der Waals surface area (Å²) in [6, 6.07) is 5.86. The predicted molar refractivity (Wildman–Crippen MR) is 71.3 cm³/mol. The second kappa shape index (κ2) is 6.05. The highest BCUT2D eigenvalue weighted by atomic mass is 32.2. The lowest BCUT2D eigenvalue weighted by Crippen LogP contribution is -2.05. The van der Waals surface area contributed by atoms with Gasteiger partial charge in [0, 0.05) is 23.3 Å². The molecule has 0 radical (unpaired) electrons. The van der Waals surface area contributed by atoms with Crippen LogP contribution in [0.25, 0.3) is 0 Å². The molecule has 1 N–H and O–H groups in total. The standard InChI is InChI=1S/C14H16O3S/c15-12(4-1-5-14(16)17)10-6-7-13-11(9-10)3-2-8-18-13/h6-7,9H,1-5,8H2,(H,16,17). The zero-order chi connectivity index (χ0) is 13.0. The van der Waals surface area contributed by atoms with Crippen molar-refractivity contribution in [1.29, 1.82) is 0 Å². The predicted octanol–water partition coefficient (Wildman–Crippen LogP) is 3.16. The van der Waals surface area contributed by atoms with Crippen molar-refractivity contribution < 1.29 is 14.7 Å². The molecule has 0 aliphatic carbocycles. The molecular weight excluding hydrogens is 248 g/mol. The van der Waals surface area contributed by atoms with Crippen LogP contribution in [0.4, 0.5) is 0 Å². The van der Waals surface area contributed by atoms with Gasteiger partial charge in [-0.3, -0.25) is 9.59 Å². The van der Waals surface area contributed by atoms with Crippen molar-refractivity contribution in [2.24, 2.45) is 0 Å².